The average Bonchev–Trinajstić information content (AvgIpc) is 3.51. The van der Waals surface area contributed by atoms with Gasteiger partial charge in [0.2, 0.25) is 4.96 Å². The quantitative estimate of drug-likeness (QED) is 0.378. The van der Waals surface area contributed by atoms with E-state index in [-0.39, 0.29) is 5.56 Å². The van der Waals surface area contributed by atoms with Crippen LogP contribution < -0.4 is 14.8 Å². The van der Waals surface area contributed by atoms with Gasteiger partial charge in [-0.15, -0.1) is 0 Å². The van der Waals surface area contributed by atoms with Crippen molar-refractivity contribution in [3.05, 3.63) is 99.7 Å². The lowest BCUT2D eigenvalue weighted by molar-refractivity contribution is 0.363. The monoisotopic (exact) mass is 441 g/mol. The van der Waals surface area contributed by atoms with Crippen molar-refractivity contribution in [3.63, 3.8) is 0 Å². The zero-order chi connectivity index (χ0) is 22.1. The highest BCUT2D eigenvalue weighted by atomic mass is 32.1. The Morgan fingerprint density at radius 2 is 2.03 bits per heavy atom. The van der Waals surface area contributed by atoms with Gasteiger partial charge < -0.3 is 4.74 Å². The number of hydrogen-bond acceptors (Lipinski definition) is 6. The summed E-state index contributed by atoms with van der Waals surface area (Å²) in [5, 5.41) is 8.87. The summed E-state index contributed by atoms with van der Waals surface area (Å²) in [6, 6.07) is 15.8. The molecule has 0 atom stereocenters. The van der Waals surface area contributed by atoms with Gasteiger partial charge in [0.05, 0.1) is 10.2 Å². The molecular weight excluding hydrogens is 422 g/mol. The van der Waals surface area contributed by atoms with Crippen molar-refractivity contribution >= 4 is 22.4 Å². The van der Waals surface area contributed by atoms with Crippen LogP contribution in [0.2, 0.25) is 0 Å². The topological polar surface area (TPSA) is 74.3 Å². The summed E-state index contributed by atoms with van der Waals surface area (Å²) in [5.41, 5.74) is 4.33. The van der Waals surface area contributed by atoms with Crippen molar-refractivity contribution in [2.24, 2.45) is 0 Å². The molecule has 2 aromatic carbocycles. The molecule has 0 saturated carbocycles. The predicted molar refractivity (Wildman–Crippen MR) is 125 cm³/mol. The van der Waals surface area contributed by atoms with Crippen LogP contribution >= 0.6 is 11.3 Å². The number of para-hydroxylation sites is 1. The molecule has 0 spiro atoms. The van der Waals surface area contributed by atoms with Gasteiger partial charge in [-0.3, -0.25) is 4.79 Å². The standard InChI is InChI=1S/C24H19N5O2S/c1-3-11-31-19-9-10-20(16(2)12-19)22-17(14-28(27-22)18-7-5-4-6-8-18)13-21-23(30)29-24(32-21)25-15-26-29/h3-10,12-15H,1,11H2,2H3/b21-13-. The number of aryl methyl sites for hydroxylation is 1. The fourth-order valence-electron chi connectivity index (χ4n) is 3.48. The van der Waals surface area contributed by atoms with E-state index in [4.69, 9.17) is 9.84 Å². The fraction of sp³-hybridized carbons (Fsp3) is 0.0833. The lowest BCUT2D eigenvalue weighted by atomic mass is 10.0. The van der Waals surface area contributed by atoms with Crippen molar-refractivity contribution in [2.75, 3.05) is 6.61 Å². The molecule has 0 fully saturated rings. The number of thiazole rings is 1. The molecule has 8 heteroatoms. The summed E-state index contributed by atoms with van der Waals surface area (Å²) in [4.78, 5) is 17.4. The Kier molecular flexibility index (Phi) is 5.12. The fourth-order valence-corrected chi connectivity index (χ4v) is 4.35. The van der Waals surface area contributed by atoms with Crippen LogP contribution in [0, 0.1) is 6.92 Å². The minimum atomic E-state index is -0.189. The van der Waals surface area contributed by atoms with Crippen molar-refractivity contribution in [2.45, 2.75) is 6.92 Å². The number of nitrogens with zero attached hydrogens (tertiary/aromatic N) is 5. The number of aromatic nitrogens is 5. The third-order valence-electron chi connectivity index (χ3n) is 4.99. The van der Waals surface area contributed by atoms with E-state index in [9.17, 15) is 4.79 Å². The minimum Gasteiger partial charge on any atom is -0.490 e. The highest BCUT2D eigenvalue weighted by Crippen LogP contribution is 2.30. The summed E-state index contributed by atoms with van der Waals surface area (Å²) >= 11 is 1.30. The number of fused-ring (bicyclic) bond motifs is 1. The van der Waals surface area contributed by atoms with Crippen LogP contribution in [0.3, 0.4) is 0 Å². The molecule has 3 heterocycles. The zero-order valence-corrected chi connectivity index (χ0v) is 18.1. The van der Waals surface area contributed by atoms with Crippen LogP contribution in [0.25, 0.3) is 28.0 Å². The first-order valence-corrected chi connectivity index (χ1v) is 10.8. The average molecular weight is 442 g/mol. The van der Waals surface area contributed by atoms with Gasteiger partial charge in [0.25, 0.3) is 5.56 Å². The normalized spacial score (nSPS) is 11.8. The van der Waals surface area contributed by atoms with Gasteiger partial charge in [-0.2, -0.15) is 14.7 Å². The summed E-state index contributed by atoms with van der Waals surface area (Å²) in [6.45, 7) is 6.15. The first kappa shape index (κ1) is 19.9. The molecular formula is C24H19N5O2S. The Hall–Kier alpha value is -4.04. The Morgan fingerprint density at radius 3 is 2.78 bits per heavy atom. The second-order valence-corrected chi connectivity index (χ2v) is 8.17. The van der Waals surface area contributed by atoms with Crippen molar-refractivity contribution in [1.29, 1.82) is 0 Å². The van der Waals surface area contributed by atoms with Gasteiger partial charge in [0.1, 0.15) is 24.4 Å². The Balaban J connectivity index is 1.68. The first-order chi connectivity index (χ1) is 15.6. The smallest absolute Gasteiger partial charge is 0.291 e. The minimum absolute atomic E-state index is 0.189. The third kappa shape index (κ3) is 3.61. The zero-order valence-electron chi connectivity index (χ0n) is 17.3. The molecule has 0 radical (unpaired) electrons. The van der Waals surface area contributed by atoms with E-state index < -0.39 is 0 Å². The van der Waals surface area contributed by atoms with E-state index in [1.54, 1.807) is 6.08 Å². The van der Waals surface area contributed by atoms with E-state index >= 15 is 0 Å². The second kappa shape index (κ2) is 8.24. The van der Waals surface area contributed by atoms with Crippen molar-refractivity contribution in [3.8, 4) is 22.7 Å². The predicted octanol–water partition coefficient (Wildman–Crippen LogP) is 3.42. The molecule has 0 saturated heterocycles. The van der Waals surface area contributed by atoms with Crippen LogP contribution in [0.15, 0.2) is 78.5 Å². The molecule has 0 aliphatic carbocycles. The summed E-state index contributed by atoms with van der Waals surface area (Å²) in [5.74, 6) is 0.770. The number of hydrogen-bond donors (Lipinski definition) is 0. The summed E-state index contributed by atoms with van der Waals surface area (Å²) in [6.07, 6.45) is 6.88. The maximum Gasteiger partial charge on any atom is 0.291 e. The van der Waals surface area contributed by atoms with E-state index in [2.05, 4.69) is 16.7 Å². The van der Waals surface area contributed by atoms with Gasteiger partial charge in [-0.05, 0) is 48.9 Å². The van der Waals surface area contributed by atoms with E-state index in [0.29, 0.717) is 16.1 Å². The maximum absolute atomic E-state index is 12.7. The molecule has 32 heavy (non-hydrogen) atoms. The first-order valence-electron chi connectivity index (χ1n) is 9.98. The van der Waals surface area contributed by atoms with Crippen LogP contribution in [-0.4, -0.2) is 31.0 Å². The Bertz CT molecular complexity index is 1530. The molecule has 0 aliphatic heterocycles. The Morgan fingerprint density at radius 1 is 1.19 bits per heavy atom. The second-order valence-electron chi connectivity index (χ2n) is 7.16. The van der Waals surface area contributed by atoms with Gasteiger partial charge >= 0.3 is 0 Å². The Labute approximate surface area is 187 Å². The van der Waals surface area contributed by atoms with E-state index in [1.807, 2.05) is 72.4 Å². The number of benzene rings is 2. The molecule has 0 bridgehead atoms. The largest absolute Gasteiger partial charge is 0.490 e. The lowest BCUT2D eigenvalue weighted by Gasteiger charge is -2.08. The molecule has 3 aromatic heterocycles. The van der Waals surface area contributed by atoms with Gasteiger partial charge in [-0.25, -0.2) is 9.67 Å². The number of rotatable bonds is 6. The molecule has 7 nitrogen and oxygen atoms in total. The van der Waals surface area contributed by atoms with Gasteiger partial charge in [0.15, 0.2) is 0 Å². The highest BCUT2D eigenvalue weighted by molar-refractivity contribution is 7.15. The van der Waals surface area contributed by atoms with Crippen LogP contribution in [0.1, 0.15) is 11.1 Å². The van der Waals surface area contributed by atoms with Crippen molar-refractivity contribution < 1.29 is 4.74 Å². The van der Waals surface area contributed by atoms with Crippen LogP contribution in [0.5, 0.6) is 5.75 Å². The van der Waals surface area contributed by atoms with E-state index in [1.165, 1.54) is 22.2 Å². The lowest BCUT2D eigenvalue weighted by Crippen LogP contribution is -2.23. The third-order valence-corrected chi connectivity index (χ3v) is 5.96. The molecule has 0 aliphatic rings. The maximum atomic E-state index is 12.7. The van der Waals surface area contributed by atoms with Crippen LogP contribution in [-0.2, 0) is 0 Å². The SMILES string of the molecule is C=CCOc1ccc(-c2nn(-c3ccccc3)cc2/C=c2\sc3ncnn3c2=O)c(C)c1. The molecule has 5 rings (SSSR count). The molecule has 0 N–H and O–H groups in total. The molecule has 0 unspecified atom stereocenters. The van der Waals surface area contributed by atoms with Crippen molar-refractivity contribution in [1.82, 2.24) is 24.4 Å². The van der Waals surface area contributed by atoms with E-state index in [0.717, 1.165) is 33.8 Å². The number of ether oxygens (including phenoxy) is 1. The highest BCUT2D eigenvalue weighted by Gasteiger charge is 2.15. The van der Waals surface area contributed by atoms with Gasteiger partial charge in [0, 0.05) is 17.3 Å². The van der Waals surface area contributed by atoms with Crippen LogP contribution in [0.4, 0.5) is 0 Å². The van der Waals surface area contributed by atoms with Gasteiger partial charge in [-0.1, -0.05) is 42.2 Å². The molecule has 158 valence electrons. The molecule has 0 amide bonds. The summed E-state index contributed by atoms with van der Waals surface area (Å²) in [7, 11) is 0. The molecule has 5 aromatic rings. The summed E-state index contributed by atoms with van der Waals surface area (Å²) < 4.78 is 9.35.